The van der Waals surface area contributed by atoms with Crippen LogP contribution in [0, 0.1) is 0 Å². The van der Waals surface area contributed by atoms with E-state index in [0.29, 0.717) is 18.4 Å². The molecule has 0 saturated carbocycles. The average molecular weight is 197 g/mol. The molecule has 0 saturated heterocycles. The SMILES string of the molecule is N[C@H](CCCO)c1ccc(O)cc1O. The number of benzene rings is 1. The lowest BCUT2D eigenvalue weighted by Crippen LogP contribution is -2.10. The summed E-state index contributed by atoms with van der Waals surface area (Å²) in [6.07, 6.45) is 1.20. The summed E-state index contributed by atoms with van der Waals surface area (Å²) in [5.74, 6) is 0.0102. The van der Waals surface area contributed by atoms with Gasteiger partial charge in [-0.05, 0) is 18.9 Å². The zero-order valence-electron chi connectivity index (χ0n) is 7.85. The molecule has 0 aliphatic rings. The lowest BCUT2D eigenvalue weighted by molar-refractivity contribution is 0.279. The number of aliphatic hydroxyl groups excluding tert-OH is 1. The van der Waals surface area contributed by atoms with Crippen LogP contribution >= 0.6 is 0 Å². The van der Waals surface area contributed by atoms with Gasteiger partial charge < -0.3 is 21.1 Å². The quantitative estimate of drug-likeness (QED) is 0.577. The van der Waals surface area contributed by atoms with Crippen LogP contribution in [-0.4, -0.2) is 21.9 Å². The van der Waals surface area contributed by atoms with Crippen LogP contribution in [0.15, 0.2) is 18.2 Å². The fourth-order valence-electron chi connectivity index (χ4n) is 1.31. The Labute approximate surface area is 82.6 Å². The lowest BCUT2D eigenvalue weighted by Gasteiger charge is -2.12. The molecule has 5 N–H and O–H groups in total. The van der Waals surface area contributed by atoms with Crippen LogP contribution in [-0.2, 0) is 0 Å². The Morgan fingerprint density at radius 2 is 2.00 bits per heavy atom. The molecule has 1 rings (SSSR count). The first-order valence-corrected chi connectivity index (χ1v) is 4.53. The van der Waals surface area contributed by atoms with Crippen molar-refractivity contribution in [2.45, 2.75) is 18.9 Å². The summed E-state index contributed by atoms with van der Waals surface area (Å²) in [5, 5.41) is 27.1. The molecule has 0 aromatic heterocycles. The standard InChI is InChI=1S/C10H15NO3/c11-9(2-1-5-12)8-4-3-7(13)6-10(8)14/h3-4,6,9,12-14H,1-2,5,11H2/t9-/m1/s1. The Hall–Kier alpha value is -1.26. The van der Waals surface area contributed by atoms with Gasteiger partial charge in [-0.25, -0.2) is 0 Å². The summed E-state index contributed by atoms with van der Waals surface area (Å²) in [6, 6.07) is 4.03. The predicted octanol–water partition coefficient (Wildman–Crippen LogP) is 0.870. The van der Waals surface area contributed by atoms with E-state index >= 15 is 0 Å². The Morgan fingerprint density at radius 3 is 2.57 bits per heavy atom. The maximum Gasteiger partial charge on any atom is 0.124 e. The van der Waals surface area contributed by atoms with Gasteiger partial charge in [0, 0.05) is 24.3 Å². The van der Waals surface area contributed by atoms with Crippen LogP contribution in [0.4, 0.5) is 0 Å². The highest BCUT2D eigenvalue weighted by Crippen LogP contribution is 2.28. The lowest BCUT2D eigenvalue weighted by atomic mass is 10.0. The van der Waals surface area contributed by atoms with Gasteiger partial charge >= 0.3 is 0 Å². The Bertz CT molecular complexity index is 301. The Morgan fingerprint density at radius 1 is 1.29 bits per heavy atom. The van der Waals surface area contributed by atoms with Crippen LogP contribution in [0.1, 0.15) is 24.4 Å². The molecule has 1 atom stereocenters. The van der Waals surface area contributed by atoms with Crippen molar-refractivity contribution in [3.63, 3.8) is 0 Å². The number of rotatable bonds is 4. The van der Waals surface area contributed by atoms with Crippen LogP contribution in [0.5, 0.6) is 11.5 Å². The van der Waals surface area contributed by atoms with Gasteiger partial charge in [0.1, 0.15) is 11.5 Å². The number of phenols is 2. The first-order valence-electron chi connectivity index (χ1n) is 4.53. The van der Waals surface area contributed by atoms with Gasteiger partial charge in [-0.2, -0.15) is 0 Å². The number of nitrogens with two attached hydrogens (primary N) is 1. The highest BCUT2D eigenvalue weighted by atomic mass is 16.3. The summed E-state index contributed by atoms with van der Waals surface area (Å²) in [7, 11) is 0. The minimum absolute atomic E-state index is 0.00422. The van der Waals surface area contributed by atoms with Crippen LogP contribution < -0.4 is 5.73 Å². The molecule has 0 aliphatic heterocycles. The molecule has 0 amide bonds. The van der Waals surface area contributed by atoms with E-state index in [-0.39, 0.29) is 24.1 Å². The van der Waals surface area contributed by atoms with E-state index in [1.165, 1.54) is 12.1 Å². The first-order chi connectivity index (χ1) is 6.65. The molecule has 4 heteroatoms. The number of aliphatic hydroxyl groups is 1. The van der Waals surface area contributed by atoms with Crippen molar-refractivity contribution in [2.75, 3.05) is 6.61 Å². The van der Waals surface area contributed by atoms with Crippen LogP contribution in [0.25, 0.3) is 0 Å². The van der Waals surface area contributed by atoms with Crippen molar-refractivity contribution in [1.82, 2.24) is 0 Å². The molecule has 0 unspecified atom stereocenters. The molecule has 4 nitrogen and oxygen atoms in total. The zero-order chi connectivity index (χ0) is 10.6. The first kappa shape index (κ1) is 10.8. The third-order valence-corrected chi connectivity index (χ3v) is 2.09. The van der Waals surface area contributed by atoms with Gasteiger partial charge in [-0.15, -0.1) is 0 Å². The third kappa shape index (κ3) is 2.61. The van der Waals surface area contributed by atoms with E-state index in [1.54, 1.807) is 6.07 Å². The van der Waals surface area contributed by atoms with Gasteiger partial charge in [0.2, 0.25) is 0 Å². The topological polar surface area (TPSA) is 86.7 Å². The van der Waals surface area contributed by atoms with E-state index in [9.17, 15) is 5.11 Å². The largest absolute Gasteiger partial charge is 0.508 e. The number of aromatic hydroxyl groups is 2. The average Bonchev–Trinajstić information content (AvgIpc) is 2.14. The van der Waals surface area contributed by atoms with Crippen LogP contribution in [0.2, 0.25) is 0 Å². The molecule has 1 aromatic carbocycles. The Balaban J connectivity index is 2.74. The van der Waals surface area contributed by atoms with Crippen molar-refractivity contribution >= 4 is 0 Å². The number of hydrogen-bond donors (Lipinski definition) is 4. The van der Waals surface area contributed by atoms with Gasteiger partial charge in [-0.3, -0.25) is 0 Å². The fourth-order valence-corrected chi connectivity index (χ4v) is 1.31. The molecule has 0 spiro atoms. The second-order valence-electron chi connectivity index (χ2n) is 3.22. The second kappa shape index (κ2) is 4.83. The second-order valence-corrected chi connectivity index (χ2v) is 3.22. The normalized spacial score (nSPS) is 12.7. The molecule has 1 aromatic rings. The molecule has 0 bridgehead atoms. The third-order valence-electron chi connectivity index (χ3n) is 2.09. The minimum Gasteiger partial charge on any atom is -0.508 e. The zero-order valence-corrected chi connectivity index (χ0v) is 7.85. The van der Waals surface area contributed by atoms with Gasteiger partial charge in [0.15, 0.2) is 0 Å². The van der Waals surface area contributed by atoms with Crippen molar-refractivity contribution < 1.29 is 15.3 Å². The van der Waals surface area contributed by atoms with E-state index in [2.05, 4.69) is 0 Å². The molecular formula is C10H15NO3. The summed E-state index contributed by atoms with van der Waals surface area (Å²) in [5.41, 5.74) is 6.37. The molecule has 0 radical (unpaired) electrons. The van der Waals surface area contributed by atoms with Crippen molar-refractivity contribution in [3.8, 4) is 11.5 Å². The fraction of sp³-hybridized carbons (Fsp3) is 0.400. The highest BCUT2D eigenvalue weighted by molar-refractivity contribution is 5.40. The summed E-state index contributed by atoms with van der Waals surface area (Å²) >= 11 is 0. The summed E-state index contributed by atoms with van der Waals surface area (Å²) in [6.45, 7) is 0.0898. The smallest absolute Gasteiger partial charge is 0.124 e. The maximum absolute atomic E-state index is 9.46. The molecule has 0 fully saturated rings. The van der Waals surface area contributed by atoms with E-state index in [0.717, 1.165) is 0 Å². The predicted molar refractivity (Wildman–Crippen MR) is 53.0 cm³/mol. The number of hydrogen-bond acceptors (Lipinski definition) is 4. The minimum atomic E-state index is -0.303. The molecule has 0 heterocycles. The van der Waals surface area contributed by atoms with E-state index in [1.807, 2.05) is 0 Å². The van der Waals surface area contributed by atoms with Crippen molar-refractivity contribution in [1.29, 1.82) is 0 Å². The molecular weight excluding hydrogens is 182 g/mol. The molecule has 78 valence electrons. The van der Waals surface area contributed by atoms with Gasteiger partial charge in [0.25, 0.3) is 0 Å². The molecule has 0 aliphatic carbocycles. The van der Waals surface area contributed by atoms with Crippen molar-refractivity contribution in [2.24, 2.45) is 5.73 Å². The van der Waals surface area contributed by atoms with Crippen LogP contribution in [0.3, 0.4) is 0 Å². The molecule has 14 heavy (non-hydrogen) atoms. The van der Waals surface area contributed by atoms with Crippen molar-refractivity contribution in [3.05, 3.63) is 23.8 Å². The van der Waals surface area contributed by atoms with E-state index in [4.69, 9.17) is 15.9 Å². The maximum atomic E-state index is 9.46. The summed E-state index contributed by atoms with van der Waals surface area (Å²) in [4.78, 5) is 0. The van der Waals surface area contributed by atoms with Gasteiger partial charge in [-0.1, -0.05) is 6.07 Å². The number of phenolic OH excluding ortho intramolecular Hbond substituents is 2. The van der Waals surface area contributed by atoms with E-state index < -0.39 is 0 Å². The Kier molecular flexibility index (Phi) is 3.73. The van der Waals surface area contributed by atoms with Gasteiger partial charge in [0.05, 0.1) is 0 Å². The monoisotopic (exact) mass is 197 g/mol. The summed E-state index contributed by atoms with van der Waals surface area (Å²) < 4.78 is 0. The highest BCUT2D eigenvalue weighted by Gasteiger charge is 2.10.